The maximum Gasteiger partial charge on any atom is 0.372 e. The molecule has 1 heterocycles. The number of benzene rings is 2. The Morgan fingerprint density at radius 3 is 2.50 bits per heavy atom. The third-order valence-corrected chi connectivity index (χ3v) is 6.74. The first-order valence-corrected chi connectivity index (χ1v) is 12.1. The summed E-state index contributed by atoms with van der Waals surface area (Å²) in [6.07, 6.45) is 1.47. The number of carbonyl (C=O) groups excluding carboxylic acids is 1. The van der Waals surface area contributed by atoms with Crippen LogP contribution >= 0.6 is 11.8 Å². The third-order valence-electron chi connectivity index (χ3n) is 4.33. The minimum absolute atomic E-state index is 0.0183. The molecule has 0 amide bonds. The van der Waals surface area contributed by atoms with Crippen LogP contribution < -0.4 is 5.32 Å². The average Bonchev–Trinajstić information content (AvgIpc) is 3.12. The Labute approximate surface area is 191 Å². The SMILES string of the molecule is CNCc1cc(-c2ccccc2F)n(S(=O)(=O)c2cccc(SC(=O)OC(C)(C)C)c2)c1. The van der Waals surface area contributed by atoms with Crippen molar-refractivity contribution in [3.8, 4) is 11.3 Å². The van der Waals surface area contributed by atoms with Gasteiger partial charge in [0, 0.05) is 23.2 Å². The van der Waals surface area contributed by atoms with Gasteiger partial charge in [-0.2, -0.15) is 0 Å². The summed E-state index contributed by atoms with van der Waals surface area (Å²) in [5.41, 5.74) is 0.432. The van der Waals surface area contributed by atoms with Crippen LogP contribution in [0.2, 0.25) is 0 Å². The molecule has 3 aromatic rings. The molecular weight excluding hydrogens is 451 g/mol. The van der Waals surface area contributed by atoms with E-state index in [-0.39, 0.29) is 16.2 Å². The van der Waals surface area contributed by atoms with E-state index in [0.29, 0.717) is 17.0 Å². The van der Waals surface area contributed by atoms with E-state index in [2.05, 4.69) is 5.32 Å². The van der Waals surface area contributed by atoms with E-state index in [1.165, 1.54) is 30.5 Å². The summed E-state index contributed by atoms with van der Waals surface area (Å²) in [7, 11) is -2.33. The highest BCUT2D eigenvalue weighted by atomic mass is 32.2. The van der Waals surface area contributed by atoms with Gasteiger partial charge in [0.15, 0.2) is 0 Å². The van der Waals surface area contributed by atoms with E-state index in [9.17, 15) is 17.6 Å². The lowest BCUT2D eigenvalue weighted by Crippen LogP contribution is -2.21. The van der Waals surface area contributed by atoms with E-state index in [0.717, 1.165) is 15.7 Å². The van der Waals surface area contributed by atoms with Crippen molar-refractivity contribution < 1.29 is 22.3 Å². The molecule has 0 atom stereocenters. The normalized spacial score (nSPS) is 12.0. The van der Waals surface area contributed by atoms with Crippen LogP contribution in [0.25, 0.3) is 11.3 Å². The van der Waals surface area contributed by atoms with Crippen molar-refractivity contribution >= 4 is 27.1 Å². The Bertz CT molecular complexity index is 1230. The van der Waals surface area contributed by atoms with Crippen LogP contribution in [-0.4, -0.2) is 30.3 Å². The molecule has 2 aromatic carbocycles. The molecule has 0 aliphatic rings. The first kappa shape index (κ1) is 24.0. The molecule has 0 radical (unpaired) electrons. The van der Waals surface area contributed by atoms with Crippen molar-refractivity contribution in [1.82, 2.24) is 9.29 Å². The number of hydrogen-bond donors (Lipinski definition) is 1. The van der Waals surface area contributed by atoms with E-state index < -0.39 is 26.7 Å². The Kier molecular flexibility index (Phi) is 7.12. The molecule has 170 valence electrons. The predicted octanol–water partition coefficient (Wildman–Crippen LogP) is 5.28. The summed E-state index contributed by atoms with van der Waals surface area (Å²) >= 11 is 0.807. The van der Waals surface area contributed by atoms with Gasteiger partial charge in [-0.25, -0.2) is 21.6 Å². The maximum atomic E-state index is 14.5. The monoisotopic (exact) mass is 476 g/mol. The Hall–Kier alpha value is -2.62. The molecule has 0 fully saturated rings. The topological polar surface area (TPSA) is 77.4 Å². The van der Waals surface area contributed by atoms with Crippen molar-refractivity contribution in [3.63, 3.8) is 0 Å². The van der Waals surface area contributed by atoms with Gasteiger partial charge < -0.3 is 10.1 Å². The van der Waals surface area contributed by atoms with Crippen LogP contribution in [-0.2, 0) is 21.3 Å². The van der Waals surface area contributed by atoms with Gasteiger partial charge in [-0.15, -0.1) is 0 Å². The number of rotatable bonds is 6. The number of nitrogens with zero attached hydrogens (tertiary/aromatic N) is 1. The van der Waals surface area contributed by atoms with Gasteiger partial charge in [-0.05, 0) is 81.5 Å². The maximum absolute atomic E-state index is 14.5. The number of carbonyl (C=O) groups is 1. The molecule has 0 saturated heterocycles. The Morgan fingerprint density at radius 2 is 1.84 bits per heavy atom. The molecule has 0 aliphatic carbocycles. The zero-order valence-electron chi connectivity index (χ0n) is 18.3. The van der Waals surface area contributed by atoms with E-state index >= 15 is 0 Å². The van der Waals surface area contributed by atoms with Gasteiger partial charge in [0.2, 0.25) is 0 Å². The van der Waals surface area contributed by atoms with E-state index in [1.807, 2.05) is 0 Å². The molecule has 0 aliphatic heterocycles. The Balaban J connectivity index is 2.03. The van der Waals surface area contributed by atoms with Crippen LogP contribution in [0.15, 0.2) is 70.6 Å². The van der Waals surface area contributed by atoms with Gasteiger partial charge in [0.1, 0.15) is 11.4 Å². The first-order chi connectivity index (χ1) is 15.0. The number of nitrogens with one attached hydrogen (secondary N) is 1. The van der Waals surface area contributed by atoms with Gasteiger partial charge in [-0.1, -0.05) is 18.2 Å². The summed E-state index contributed by atoms with van der Waals surface area (Å²) in [5.74, 6) is -0.521. The lowest BCUT2D eigenvalue weighted by atomic mass is 10.1. The molecule has 0 bridgehead atoms. The van der Waals surface area contributed by atoms with Crippen molar-refractivity contribution in [2.45, 2.75) is 42.7 Å². The fourth-order valence-corrected chi connectivity index (χ4v) is 5.37. The van der Waals surface area contributed by atoms with Crippen LogP contribution in [0.5, 0.6) is 0 Å². The van der Waals surface area contributed by atoms with Gasteiger partial charge in [0.05, 0.1) is 10.6 Å². The number of halogens is 1. The van der Waals surface area contributed by atoms with Gasteiger partial charge >= 0.3 is 5.30 Å². The summed E-state index contributed by atoms with van der Waals surface area (Å²) < 4.78 is 47.9. The molecular formula is C23H25FN2O4S2. The highest BCUT2D eigenvalue weighted by molar-refractivity contribution is 8.13. The van der Waals surface area contributed by atoms with E-state index in [4.69, 9.17) is 4.74 Å². The first-order valence-electron chi connectivity index (χ1n) is 9.88. The van der Waals surface area contributed by atoms with E-state index in [1.54, 1.807) is 58.2 Å². The minimum atomic E-state index is -4.07. The summed E-state index contributed by atoms with van der Waals surface area (Å²) in [6, 6.07) is 13.7. The van der Waals surface area contributed by atoms with Crippen LogP contribution in [0.1, 0.15) is 26.3 Å². The van der Waals surface area contributed by atoms with Crippen molar-refractivity contribution in [2.24, 2.45) is 0 Å². The highest BCUT2D eigenvalue weighted by Gasteiger charge is 2.24. The number of aromatic nitrogens is 1. The zero-order valence-corrected chi connectivity index (χ0v) is 19.9. The van der Waals surface area contributed by atoms with Gasteiger partial charge in [0.25, 0.3) is 10.0 Å². The fraction of sp³-hybridized carbons (Fsp3) is 0.261. The smallest absolute Gasteiger partial charge is 0.372 e. The average molecular weight is 477 g/mol. The number of hydrogen-bond acceptors (Lipinski definition) is 6. The molecule has 32 heavy (non-hydrogen) atoms. The second kappa shape index (κ2) is 9.48. The standard InChI is InChI=1S/C23H25FN2O4S2/c1-23(2,3)30-22(27)31-17-8-7-9-18(13-17)32(28,29)26-15-16(14-25-4)12-21(26)19-10-5-6-11-20(19)24/h5-13,15,25H,14H2,1-4H3. The lowest BCUT2D eigenvalue weighted by molar-refractivity contribution is 0.0738. The minimum Gasteiger partial charge on any atom is -0.452 e. The van der Waals surface area contributed by atoms with Crippen molar-refractivity contribution in [3.05, 3.63) is 72.2 Å². The molecule has 0 saturated carbocycles. The molecule has 1 N–H and O–H groups in total. The fourth-order valence-electron chi connectivity index (χ4n) is 3.04. The number of thioether (sulfide) groups is 1. The van der Waals surface area contributed by atoms with Gasteiger partial charge in [-0.3, -0.25) is 0 Å². The largest absolute Gasteiger partial charge is 0.452 e. The van der Waals surface area contributed by atoms with Crippen LogP contribution in [0.4, 0.5) is 9.18 Å². The summed E-state index contributed by atoms with van der Waals surface area (Å²) in [6.45, 7) is 5.68. The Morgan fingerprint density at radius 1 is 1.12 bits per heavy atom. The molecule has 1 aromatic heterocycles. The molecule has 0 unspecified atom stereocenters. The summed E-state index contributed by atoms with van der Waals surface area (Å²) in [4.78, 5) is 12.6. The summed E-state index contributed by atoms with van der Waals surface area (Å²) in [5, 5.41) is 2.44. The number of ether oxygens (including phenoxy) is 1. The highest BCUT2D eigenvalue weighted by Crippen LogP contribution is 2.31. The van der Waals surface area contributed by atoms with Crippen LogP contribution in [0.3, 0.4) is 0 Å². The molecule has 6 nitrogen and oxygen atoms in total. The van der Waals surface area contributed by atoms with Crippen LogP contribution in [0, 0.1) is 5.82 Å². The third kappa shape index (κ3) is 5.59. The second-order valence-electron chi connectivity index (χ2n) is 8.09. The zero-order chi connectivity index (χ0) is 23.5. The molecule has 0 spiro atoms. The molecule has 3 rings (SSSR count). The predicted molar refractivity (Wildman–Crippen MR) is 124 cm³/mol. The lowest BCUT2D eigenvalue weighted by Gasteiger charge is -2.19. The van der Waals surface area contributed by atoms with Crippen molar-refractivity contribution in [2.75, 3.05) is 7.05 Å². The second-order valence-corrected chi connectivity index (χ2v) is 10.9. The van der Waals surface area contributed by atoms with Crippen molar-refractivity contribution in [1.29, 1.82) is 0 Å². The molecule has 9 heteroatoms. The quantitative estimate of drug-likeness (QED) is 0.385.